The molecule has 0 aliphatic carbocycles. The number of carbonyl (C=O) groups is 2. The number of anilines is 5. The minimum absolute atomic E-state index is 0.0619. The molecule has 1 aliphatic rings. The van der Waals surface area contributed by atoms with Crippen molar-refractivity contribution >= 4 is 52.4 Å². The molecule has 3 aromatic rings. The summed E-state index contributed by atoms with van der Waals surface area (Å²) in [5.41, 5.74) is 1.70. The molecule has 2 aromatic carbocycles. The van der Waals surface area contributed by atoms with Crippen LogP contribution in [0.5, 0.6) is 5.75 Å². The molecule has 7 nitrogen and oxygen atoms in total. The average molecular weight is 399 g/mol. The zero-order valence-electron chi connectivity index (χ0n) is 14.1. The number of pyridine rings is 1. The van der Waals surface area contributed by atoms with E-state index in [2.05, 4.69) is 20.9 Å². The molecule has 0 saturated heterocycles. The number of nitrogens with one attached hydrogen (secondary N) is 3. The lowest BCUT2D eigenvalue weighted by Gasteiger charge is -2.14. The maximum atomic E-state index is 14.2. The summed E-state index contributed by atoms with van der Waals surface area (Å²) < 4.78 is 14.2. The number of rotatable bonds is 3. The Morgan fingerprint density at radius 1 is 1.11 bits per heavy atom. The van der Waals surface area contributed by atoms with Crippen LogP contribution in [0, 0.1) is 5.82 Å². The van der Waals surface area contributed by atoms with Crippen molar-refractivity contribution in [1.29, 1.82) is 0 Å². The van der Waals surface area contributed by atoms with E-state index in [0.29, 0.717) is 23.2 Å². The van der Waals surface area contributed by atoms with Crippen LogP contribution in [-0.2, 0) is 0 Å². The number of phenols is 1. The van der Waals surface area contributed by atoms with Crippen LogP contribution in [0.25, 0.3) is 0 Å². The van der Waals surface area contributed by atoms with Crippen LogP contribution in [0.2, 0.25) is 5.02 Å². The predicted molar refractivity (Wildman–Crippen MR) is 104 cm³/mol. The van der Waals surface area contributed by atoms with Gasteiger partial charge in [-0.25, -0.2) is 9.37 Å². The van der Waals surface area contributed by atoms with Crippen LogP contribution in [0.3, 0.4) is 0 Å². The number of aromatic hydroxyl groups is 1. The molecule has 0 fully saturated rings. The maximum Gasteiger partial charge on any atom is 0.261 e. The van der Waals surface area contributed by atoms with Gasteiger partial charge in [-0.05, 0) is 30.3 Å². The molecule has 28 heavy (non-hydrogen) atoms. The first-order chi connectivity index (χ1) is 13.5. The van der Waals surface area contributed by atoms with E-state index in [-0.39, 0.29) is 33.5 Å². The number of benzene rings is 2. The monoisotopic (exact) mass is 398 g/mol. The molecule has 1 aliphatic heterocycles. The molecule has 0 radical (unpaired) electrons. The van der Waals surface area contributed by atoms with Gasteiger partial charge in [-0.1, -0.05) is 11.6 Å². The number of hydrogen-bond acceptors (Lipinski definition) is 6. The van der Waals surface area contributed by atoms with Crippen LogP contribution >= 0.6 is 11.6 Å². The Labute approximate surface area is 163 Å². The lowest BCUT2D eigenvalue weighted by Crippen LogP contribution is -2.14. The summed E-state index contributed by atoms with van der Waals surface area (Å²) in [6.07, 6.45) is 2.12. The summed E-state index contributed by atoms with van der Waals surface area (Å²) in [6.45, 7) is 0. The zero-order valence-corrected chi connectivity index (χ0v) is 14.8. The van der Waals surface area contributed by atoms with Gasteiger partial charge in [0.15, 0.2) is 0 Å². The number of carbonyl (C=O) groups excluding carboxylic acids is 2. The van der Waals surface area contributed by atoms with E-state index >= 15 is 0 Å². The van der Waals surface area contributed by atoms with E-state index in [0.717, 1.165) is 12.1 Å². The predicted octanol–water partition coefficient (Wildman–Crippen LogP) is 4.45. The van der Waals surface area contributed by atoms with Crippen LogP contribution < -0.4 is 16.0 Å². The van der Waals surface area contributed by atoms with Crippen molar-refractivity contribution in [1.82, 2.24) is 4.98 Å². The Morgan fingerprint density at radius 3 is 2.71 bits per heavy atom. The molecule has 0 spiro atoms. The van der Waals surface area contributed by atoms with E-state index in [1.165, 1.54) is 18.3 Å². The topological polar surface area (TPSA) is 103 Å². The lowest BCUT2D eigenvalue weighted by atomic mass is 10.1. The van der Waals surface area contributed by atoms with Crippen molar-refractivity contribution in [2.45, 2.75) is 0 Å². The highest BCUT2D eigenvalue weighted by molar-refractivity contribution is 6.32. The molecule has 1 amide bonds. The largest absolute Gasteiger partial charge is 0.506 e. The van der Waals surface area contributed by atoms with Gasteiger partial charge in [0.05, 0.1) is 27.8 Å². The lowest BCUT2D eigenvalue weighted by molar-refractivity contribution is 0.102. The van der Waals surface area contributed by atoms with Crippen molar-refractivity contribution in [3.63, 3.8) is 0 Å². The SMILES string of the molecule is O=Cc1ccc2c(c1)NC(=O)c1c(Nc3cc(O)c(Cl)cc3F)ccnc1N2. The third kappa shape index (κ3) is 3.10. The molecule has 4 N–H and O–H groups in total. The molecule has 140 valence electrons. The van der Waals surface area contributed by atoms with Crippen molar-refractivity contribution < 1.29 is 19.1 Å². The van der Waals surface area contributed by atoms with Crippen LogP contribution in [0.4, 0.5) is 33.0 Å². The standard InChI is InChI=1S/C19H12ClFN4O3/c20-10-6-11(21)14(7-16(10)27)23-13-3-4-22-18-17(13)19(28)25-15-5-9(8-26)1-2-12(15)24-18/h1-8,27H,(H,25,28)(H2,22,23,24). The molecule has 2 heterocycles. The van der Waals surface area contributed by atoms with E-state index < -0.39 is 11.7 Å². The highest BCUT2D eigenvalue weighted by Crippen LogP contribution is 2.36. The van der Waals surface area contributed by atoms with Crippen molar-refractivity contribution in [3.05, 3.63) is 64.6 Å². The summed E-state index contributed by atoms with van der Waals surface area (Å²) in [5, 5.41) is 18.1. The Balaban J connectivity index is 1.77. The Bertz CT molecular complexity index is 1140. The zero-order chi connectivity index (χ0) is 19.8. The van der Waals surface area contributed by atoms with E-state index in [9.17, 15) is 19.1 Å². The highest BCUT2D eigenvalue weighted by Gasteiger charge is 2.24. The smallest absolute Gasteiger partial charge is 0.261 e. The Morgan fingerprint density at radius 2 is 1.93 bits per heavy atom. The Kier molecular flexibility index (Phi) is 4.32. The van der Waals surface area contributed by atoms with Crippen molar-refractivity contribution in [2.24, 2.45) is 0 Å². The fraction of sp³-hybridized carbons (Fsp3) is 0. The normalized spacial score (nSPS) is 12.1. The average Bonchev–Trinajstić information content (AvgIpc) is 2.81. The third-order valence-corrected chi connectivity index (χ3v) is 4.47. The first-order valence-electron chi connectivity index (χ1n) is 8.08. The van der Waals surface area contributed by atoms with Gasteiger partial charge in [-0.3, -0.25) is 9.59 Å². The molecule has 0 atom stereocenters. The fourth-order valence-corrected chi connectivity index (χ4v) is 2.98. The van der Waals surface area contributed by atoms with Crippen LogP contribution in [-0.4, -0.2) is 22.3 Å². The summed E-state index contributed by atoms with van der Waals surface area (Å²) >= 11 is 5.70. The second-order valence-corrected chi connectivity index (χ2v) is 6.40. The number of amides is 1. The summed E-state index contributed by atoms with van der Waals surface area (Å²) in [7, 11) is 0. The molecule has 0 unspecified atom stereocenters. The van der Waals surface area contributed by atoms with Gasteiger partial charge in [0.2, 0.25) is 0 Å². The summed E-state index contributed by atoms with van der Waals surface area (Å²) in [5.74, 6) is -1.26. The fourth-order valence-electron chi connectivity index (χ4n) is 2.83. The van der Waals surface area contributed by atoms with Crippen molar-refractivity contribution in [3.8, 4) is 5.75 Å². The number of halogens is 2. The van der Waals surface area contributed by atoms with Gasteiger partial charge in [0.1, 0.15) is 29.2 Å². The van der Waals surface area contributed by atoms with Gasteiger partial charge in [-0.15, -0.1) is 0 Å². The molecule has 0 saturated carbocycles. The number of aromatic nitrogens is 1. The van der Waals surface area contributed by atoms with E-state index in [1.807, 2.05) is 0 Å². The van der Waals surface area contributed by atoms with E-state index in [4.69, 9.17) is 11.6 Å². The molecule has 1 aromatic heterocycles. The quantitative estimate of drug-likeness (QED) is 0.486. The second kappa shape index (κ2) is 6.82. The molecular weight excluding hydrogens is 387 g/mol. The second-order valence-electron chi connectivity index (χ2n) is 5.99. The summed E-state index contributed by atoms with van der Waals surface area (Å²) in [4.78, 5) is 28.0. The first-order valence-corrected chi connectivity index (χ1v) is 8.45. The number of aldehydes is 1. The molecule has 4 rings (SSSR count). The van der Waals surface area contributed by atoms with Gasteiger partial charge in [0.25, 0.3) is 5.91 Å². The third-order valence-electron chi connectivity index (χ3n) is 4.16. The first kappa shape index (κ1) is 17.7. The Hall–Kier alpha value is -3.65. The minimum Gasteiger partial charge on any atom is -0.506 e. The van der Waals surface area contributed by atoms with Crippen LogP contribution in [0.1, 0.15) is 20.7 Å². The summed E-state index contributed by atoms with van der Waals surface area (Å²) in [6, 6.07) is 8.37. The number of nitrogens with zero attached hydrogens (tertiary/aromatic N) is 1. The number of phenolic OH excluding ortho intramolecular Hbond substituents is 1. The van der Waals surface area contributed by atoms with Gasteiger partial charge < -0.3 is 21.1 Å². The van der Waals surface area contributed by atoms with E-state index in [1.54, 1.807) is 12.1 Å². The molecular formula is C19H12ClFN4O3. The molecule has 0 bridgehead atoms. The van der Waals surface area contributed by atoms with Gasteiger partial charge in [-0.2, -0.15) is 0 Å². The highest BCUT2D eigenvalue weighted by atomic mass is 35.5. The minimum atomic E-state index is -0.700. The van der Waals surface area contributed by atoms with Gasteiger partial charge >= 0.3 is 0 Å². The number of fused-ring (bicyclic) bond motifs is 2. The van der Waals surface area contributed by atoms with Gasteiger partial charge in [0, 0.05) is 17.8 Å². The van der Waals surface area contributed by atoms with Crippen LogP contribution in [0.15, 0.2) is 42.6 Å². The van der Waals surface area contributed by atoms with Crippen molar-refractivity contribution in [2.75, 3.05) is 16.0 Å². The molecule has 9 heteroatoms. The maximum absolute atomic E-state index is 14.2. The number of hydrogen-bond donors (Lipinski definition) is 4.